The fraction of sp³-hybridized carbons (Fsp3) is 0.172. The van der Waals surface area contributed by atoms with E-state index >= 15 is 0 Å². The quantitative estimate of drug-likeness (QED) is 0.305. The number of aliphatic carboxylic acids is 1. The largest absolute Gasteiger partial charge is 0.478 e. The van der Waals surface area contributed by atoms with Crippen molar-refractivity contribution in [3.63, 3.8) is 0 Å². The molecule has 0 atom stereocenters. The van der Waals surface area contributed by atoms with E-state index in [0.717, 1.165) is 64.3 Å². The molecule has 0 radical (unpaired) electrons. The van der Waals surface area contributed by atoms with Gasteiger partial charge in [0.15, 0.2) is 0 Å². The average Bonchev–Trinajstić information content (AvgIpc) is 3.17. The predicted molar refractivity (Wildman–Crippen MR) is 135 cm³/mol. The minimum atomic E-state index is -1.01. The number of carboxylic acid groups (broad SMARTS) is 1. The summed E-state index contributed by atoms with van der Waals surface area (Å²) >= 11 is 6.58. The van der Waals surface area contributed by atoms with Gasteiger partial charge in [0.25, 0.3) is 5.91 Å². The molecule has 0 saturated heterocycles. The Balaban J connectivity index is 1.73. The lowest BCUT2D eigenvalue weighted by molar-refractivity contribution is -0.131. The molecule has 5 rings (SSSR count). The highest BCUT2D eigenvalue weighted by molar-refractivity contribution is 6.32. The van der Waals surface area contributed by atoms with Crippen molar-refractivity contribution in [3.05, 3.63) is 111 Å². The van der Waals surface area contributed by atoms with E-state index in [1.165, 1.54) is 12.1 Å². The van der Waals surface area contributed by atoms with Gasteiger partial charge in [0.1, 0.15) is 5.82 Å². The van der Waals surface area contributed by atoms with Gasteiger partial charge in [-0.1, -0.05) is 54.4 Å². The molecule has 1 amide bonds. The molecule has 0 aromatic heterocycles. The van der Waals surface area contributed by atoms with Crippen molar-refractivity contribution < 1.29 is 19.1 Å². The first-order valence-electron chi connectivity index (χ1n) is 11.5. The molecule has 6 heteroatoms. The van der Waals surface area contributed by atoms with Gasteiger partial charge < -0.3 is 10.4 Å². The standard InChI is InChI=1S/C29H23ClFNO3/c30-25-15-22(31)10-12-24(25)28(18-2-1-3-18)27(19-7-4-17(5-8-19)6-13-26(33)34)20-9-11-23-21(14-20)16-32-29(23)35/h4-15,18H,1-3,16H2,(H,32,35)(H,33,34)/b13-6+,28-27+. The molecule has 0 unspecified atom stereocenters. The molecular weight excluding hydrogens is 465 g/mol. The Labute approximate surface area is 207 Å². The van der Waals surface area contributed by atoms with E-state index in [4.69, 9.17) is 16.7 Å². The van der Waals surface area contributed by atoms with Crippen molar-refractivity contribution in [2.24, 2.45) is 5.92 Å². The third-order valence-electron chi connectivity index (χ3n) is 6.70. The number of amides is 1. The van der Waals surface area contributed by atoms with Crippen LogP contribution in [0.4, 0.5) is 4.39 Å². The fourth-order valence-corrected chi connectivity index (χ4v) is 5.03. The zero-order chi connectivity index (χ0) is 24.5. The number of allylic oxidation sites excluding steroid dienone is 1. The first kappa shape index (κ1) is 23.1. The number of halogens is 2. The molecule has 1 aliphatic heterocycles. The molecule has 1 saturated carbocycles. The second-order valence-electron chi connectivity index (χ2n) is 8.89. The molecule has 176 valence electrons. The van der Waals surface area contributed by atoms with Gasteiger partial charge in [-0.3, -0.25) is 4.79 Å². The van der Waals surface area contributed by atoms with Gasteiger partial charge in [0.2, 0.25) is 0 Å². The maximum absolute atomic E-state index is 13.9. The van der Waals surface area contributed by atoms with Crippen LogP contribution in [-0.2, 0) is 11.3 Å². The maximum Gasteiger partial charge on any atom is 0.328 e. The lowest BCUT2D eigenvalue weighted by atomic mass is 9.73. The van der Waals surface area contributed by atoms with Crippen LogP contribution < -0.4 is 5.32 Å². The zero-order valence-corrected chi connectivity index (χ0v) is 19.6. The van der Waals surface area contributed by atoms with Crippen LogP contribution in [0.2, 0.25) is 5.02 Å². The second kappa shape index (κ2) is 9.51. The Bertz CT molecular complexity index is 1390. The number of carboxylic acids is 1. The summed E-state index contributed by atoms with van der Waals surface area (Å²) < 4.78 is 13.9. The predicted octanol–water partition coefficient (Wildman–Crippen LogP) is 6.58. The molecule has 2 N–H and O–H groups in total. The van der Waals surface area contributed by atoms with Crippen molar-refractivity contribution >= 4 is 40.7 Å². The zero-order valence-electron chi connectivity index (χ0n) is 18.9. The first-order chi connectivity index (χ1) is 16.9. The highest BCUT2D eigenvalue weighted by Crippen LogP contribution is 2.47. The van der Waals surface area contributed by atoms with E-state index in [2.05, 4.69) is 5.32 Å². The molecule has 4 nitrogen and oxygen atoms in total. The summed E-state index contributed by atoms with van der Waals surface area (Å²) in [5.41, 5.74) is 7.12. The highest BCUT2D eigenvalue weighted by Gasteiger charge is 2.29. The van der Waals surface area contributed by atoms with Crippen LogP contribution in [0.3, 0.4) is 0 Å². The van der Waals surface area contributed by atoms with Crippen LogP contribution >= 0.6 is 11.6 Å². The van der Waals surface area contributed by atoms with Crippen LogP contribution in [0.15, 0.2) is 66.7 Å². The van der Waals surface area contributed by atoms with Crippen LogP contribution in [0.1, 0.15) is 57.4 Å². The minimum Gasteiger partial charge on any atom is -0.478 e. The van der Waals surface area contributed by atoms with Crippen molar-refractivity contribution in [2.45, 2.75) is 25.8 Å². The number of nitrogens with one attached hydrogen (secondary N) is 1. The molecule has 3 aromatic carbocycles. The summed E-state index contributed by atoms with van der Waals surface area (Å²) in [6.07, 6.45) is 5.79. The molecular formula is C29H23ClFNO3. The molecule has 3 aromatic rings. The Kier molecular flexibility index (Phi) is 6.27. The summed E-state index contributed by atoms with van der Waals surface area (Å²) in [6, 6.07) is 18.0. The van der Waals surface area contributed by atoms with E-state index in [1.54, 1.807) is 12.1 Å². The summed E-state index contributed by atoms with van der Waals surface area (Å²) in [5, 5.41) is 12.2. The number of rotatable bonds is 6. The van der Waals surface area contributed by atoms with Gasteiger partial charge in [-0.05, 0) is 88.1 Å². The fourth-order valence-electron chi connectivity index (χ4n) is 4.76. The van der Waals surface area contributed by atoms with Crippen molar-refractivity contribution in [3.8, 4) is 0 Å². The van der Waals surface area contributed by atoms with E-state index in [0.29, 0.717) is 17.1 Å². The van der Waals surface area contributed by atoms with Gasteiger partial charge in [-0.2, -0.15) is 0 Å². The van der Waals surface area contributed by atoms with Crippen LogP contribution in [0.25, 0.3) is 17.2 Å². The number of hydrogen-bond acceptors (Lipinski definition) is 2. The Morgan fingerprint density at radius 3 is 2.43 bits per heavy atom. The lowest BCUT2D eigenvalue weighted by Gasteiger charge is -2.32. The maximum atomic E-state index is 13.9. The number of hydrogen-bond donors (Lipinski definition) is 2. The monoisotopic (exact) mass is 487 g/mol. The first-order valence-corrected chi connectivity index (χ1v) is 11.9. The minimum absolute atomic E-state index is 0.0764. The van der Waals surface area contributed by atoms with Crippen molar-refractivity contribution in [1.29, 1.82) is 0 Å². The highest BCUT2D eigenvalue weighted by atomic mass is 35.5. The molecule has 2 aliphatic rings. The van der Waals surface area contributed by atoms with Gasteiger partial charge >= 0.3 is 5.97 Å². The van der Waals surface area contributed by atoms with E-state index < -0.39 is 5.97 Å². The second-order valence-corrected chi connectivity index (χ2v) is 9.30. The Morgan fingerprint density at radius 2 is 1.77 bits per heavy atom. The molecule has 35 heavy (non-hydrogen) atoms. The van der Waals surface area contributed by atoms with Gasteiger partial charge in [-0.25, -0.2) is 9.18 Å². The molecule has 1 fully saturated rings. The third kappa shape index (κ3) is 4.64. The SMILES string of the molecule is O=C(O)/C=C/c1ccc(/C(=C(\c2ccc(F)cc2Cl)C2CCC2)c2ccc3c(c2)CNC3=O)cc1. The van der Waals surface area contributed by atoms with E-state index in [9.17, 15) is 14.0 Å². The molecule has 1 aliphatic carbocycles. The van der Waals surface area contributed by atoms with Crippen LogP contribution in [0.5, 0.6) is 0 Å². The third-order valence-corrected chi connectivity index (χ3v) is 7.01. The summed E-state index contributed by atoms with van der Waals surface area (Å²) in [6.45, 7) is 0.476. The number of carbonyl (C=O) groups is 2. The van der Waals surface area contributed by atoms with Crippen molar-refractivity contribution in [2.75, 3.05) is 0 Å². The summed E-state index contributed by atoms with van der Waals surface area (Å²) in [5.74, 6) is -1.20. The summed E-state index contributed by atoms with van der Waals surface area (Å²) in [7, 11) is 0. The average molecular weight is 488 g/mol. The number of carbonyl (C=O) groups excluding carboxylic acids is 1. The van der Waals surface area contributed by atoms with E-state index in [1.807, 2.05) is 42.5 Å². The van der Waals surface area contributed by atoms with Crippen molar-refractivity contribution in [1.82, 2.24) is 5.32 Å². The van der Waals surface area contributed by atoms with Crippen LogP contribution in [-0.4, -0.2) is 17.0 Å². The Morgan fingerprint density at radius 1 is 1.03 bits per heavy atom. The smallest absolute Gasteiger partial charge is 0.328 e. The Hall–Kier alpha value is -3.70. The topological polar surface area (TPSA) is 66.4 Å². The molecule has 0 spiro atoms. The normalized spacial score (nSPS) is 16.0. The van der Waals surface area contributed by atoms with Crippen LogP contribution in [0, 0.1) is 11.7 Å². The van der Waals surface area contributed by atoms with E-state index in [-0.39, 0.29) is 17.6 Å². The molecule has 0 bridgehead atoms. The van der Waals surface area contributed by atoms with Gasteiger partial charge in [0.05, 0.1) is 5.02 Å². The summed E-state index contributed by atoms with van der Waals surface area (Å²) in [4.78, 5) is 23.0. The van der Waals surface area contributed by atoms with Gasteiger partial charge in [-0.15, -0.1) is 0 Å². The number of fused-ring (bicyclic) bond motifs is 1. The lowest BCUT2D eigenvalue weighted by Crippen LogP contribution is -2.15. The van der Waals surface area contributed by atoms with Gasteiger partial charge in [0, 0.05) is 18.2 Å². The molecule has 1 heterocycles. The number of benzene rings is 3.